The standard InChI is InChI=1S/C14H21NO/c1-2-9-15-10-3-4-13(11-15)12-5-7-14(16)8-6-12/h5-8,13,16H,2-4,9-11H2,1H3/t13-/m1/s1. The third-order valence-corrected chi connectivity index (χ3v) is 3.41. The average Bonchev–Trinajstić information content (AvgIpc) is 2.31. The molecular formula is C14H21NO. The molecule has 0 aromatic heterocycles. The number of likely N-dealkylation sites (tertiary alicyclic amines) is 1. The second-order valence-corrected chi connectivity index (χ2v) is 4.73. The molecule has 1 aromatic rings. The summed E-state index contributed by atoms with van der Waals surface area (Å²) in [7, 11) is 0. The lowest BCUT2D eigenvalue weighted by Gasteiger charge is -2.32. The number of phenolic OH excluding ortho intramolecular Hbond substituents is 1. The van der Waals surface area contributed by atoms with Crippen molar-refractivity contribution in [1.82, 2.24) is 4.90 Å². The smallest absolute Gasteiger partial charge is 0.115 e. The van der Waals surface area contributed by atoms with Gasteiger partial charge in [0.2, 0.25) is 0 Å². The molecule has 0 aliphatic carbocycles. The van der Waals surface area contributed by atoms with E-state index < -0.39 is 0 Å². The molecule has 16 heavy (non-hydrogen) atoms. The van der Waals surface area contributed by atoms with Crippen LogP contribution in [-0.2, 0) is 0 Å². The third kappa shape index (κ3) is 2.76. The summed E-state index contributed by atoms with van der Waals surface area (Å²) in [5, 5.41) is 9.28. The highest BCUT2D eigenvalue weighted by molar-refractivity contribution is 5.28. The summed E-state index contributed by atoms with van der Waals surface area (Å²) in [4.78, 5) is 2.56. The van der Waals surface area contributed by atoms with Crippen molar-refractivity contribution in [3.63, 3.8) is 0 Å². The normalized spacial score (nSPS) is 22.2. The topological polar surface area (TPSA) is 23.5 Å². The van der Waals surface area contributed by atoms with E-state index in [4.69, 9.17) is 0 Å². The summed E-state index contributed by atoms with van der Waals surface area (Å²) in [5.41, 5.74) is 1.37. The van der Waals surface area contributed by atoms with Crippen molar-refractivity contribution in [2.24, 2.45) is 0 Å². The fraction of sp³-hybridized carbons (Fsp3) is 0.571. The second-order valence-electron chi connectivity index (χ2n) is 4.73. The van der Waals surface area contributed by atoms with Crippen LogP contribution in [-0.4, -0.2) is 29.6 Å². The fourth-order valence-electron chi connectivity index (χ4n) is 2.59. The summed E-state index contributed by atoms with van der Waals surface area (Å²) in [6.45, 7) is 5.89. The van der Waals surface area contributed by atoms with Gasteiger partial charge in [0.05, 0.1) is 0 Å². The molecule has 0 spiro atoms. The van der Waals surface area contributed by atoms with Crippen LogP contribution in [0, 0.1) is 0 Å². The van der Waals surface area contributed by atoms with Crippen molar-refractivity contribution in [2.75, 3.05) is 19.6 Å². The summed E-state index contributed by atoms with van der Waals surface area (Å²) in [6.07, 6.45) is 3.82. The zero-order chi connectivity index (χ0) is 11.4. The Morgan fingerprint density at radius 2 is 2.06 bits per heavy atom. The Kier molecular flexibility index (Phi) is 3.83. The van der Waals surface area contributed by atoms with E-state index in [1.165, 1.54) is 44.5 Å². The highest BCUT2D eigenvalue weighted by Crippen LogP contribution is 2.27. The fourth-order valence-corrected chi connectivity index (χ4v) is 2.59. The Morgan fingerprint density at radius 1 is 1.31 bits per heavy atom. The van der Waals surface area contributed by atoms with Crippen LogP contribution in [0.25, 0.3) is 0 Å². The van der Waals surface area contributed by atoms with Crippen LogP contribution in [0.1, 0.15) is 37.7 Å². The maximum absolute atomic E-state index is 9.28. The van der Waals surface area contributed by atoms with E-state index in [1.807, 2.05) is 0 Å². The van der Waals surface area contributed by atoms with Crippen LogP contribution in [0.2, 0.25) is 0 Å². The highest BCUT2D eigenvalue weighted by Gasteiger charge is 2.20. The molecule has 1 aliphatic heterocycles. The van der Waals surface area contributed by atoms with Crippen molar-refractivity contribution >= 4 is 0 Å². The Morgan fingerprint density at radius 3 is 2.75 bits per heavy atom. The predicted octanol–water partition coefficient (Wildman–Crippen LogP) is 2.98. The molecule has 2 nitrogen and oxygen atoms in total. The zero-order valence-electron chi connectivity index (χ0n) is 10.0. The highest BCUT2D eigenvalue weighted by atomic mass is 16.3. The minimum absolute atomic E-state index is 0.366. The Labute approximate surface area is 97.9 Å². The average molecular weight is 219 g/mol. The SMILES string of the molecule is CCCN1CCC[C@@H](c2ccc(O)cc2)C1. The molecule has 2 heteroatoms. The number of hydrogen-bond donors (Lipinski definition) is 1. The molecule has 1 N–H and O–H groups in total. The Bertz CT molecular complexity index is 318. The molecule has 1 aromatic carbocycles. The minimum atomic E-state index is 0.366. The van der Waals surface area contributed by atoms with Gasteiger partial charge in [-0.2, -0.15) is 0 Å². The van der Waals surface area contributed by atoms with Gasteiger partial charge in [-0.15, -0.1) is 0 Å². The first-order chi connectivity index (χ1) is 7.79. The molecule has 1 atom stereocenters. The molecule has 1 fully saturated rings. The molecule has 88 valence electrons. The first-order valence-corrected chi connectivity index (χ1v) is 6.31. The lowest BCUT2D eigenvalue weighted by Crippen LogP contribution is -2.34. The van der Waals surface area contributed by atoms with Gasteiger partial charge in [-0.1, -0.05) is 19.1 Å². The van der Waals surface area contributed by atoms with Gasteiger partial charge in [0, 0.05) is 6.54 Å². The molecule has 0 saturated carbocycles. The number of aromatic hydroxyl groups is 1. The van der Waals surface area contributed by atoms with Crippen LogP contribution in [0.4, 0.5) is 0 Å². The van der Waals surface area contributed by atoms with Gasteiger partial charge in [0.25, 0.3) is 0 Å². The van der Waals surface area contributed by atoms with E-state index in [9.17, 15) is 5.11 Å². The number of rotatable bonds is 3. The van der Waals surface area contributed by atoms with E-state index in [-0.39, 0.29) is 0 Å². The largest absolute Gasteiger partial charge is 0.508 e. The van der Waals surface area contributed by atoms with Gasteiger partial charge in [0.1, 0.15) is 5.75 Å². The summed E-state index contributed by atoms with van der Waals surface area (Å²) in [6, 6.07) is 7.73. The van der Waals surface area contributed by atoms with Crippen molar-refractivity contribution in [1.29, 1.82) is 0 Å². The molecular weight excluding hydrogens is 198 g/mol. The number of phenols is 1. The zero-order valence-corrected chi connectivity index (χ0v) is 10.0. The van der Waals surface area contributed by atoms with E-state index >= 15 is 0 Å². The third-order valence-electron chi connectivity index (χ3n) is 3.41. The van der Waals surface area contributed by atoms with E-state index in [0.717, 1.165) is 0 Å². The van der Waals surface area contributed by atoms with E-state index in [1.54, 1.807) is 12.1 Å². The van der Waals surface area contributed by atoms with Crippen LogP contribution in [0.3, 0.4) is 0 Å². The lowest BCUT2D eigenvalue weighted by molar-refractivity contribution is 0.208. The summed E-state index contributed by atoms with van der Waals surface area (Å²) < 4.78 is 0. The number of nitrogens with zero attached hydrogens (tertiary/aromatic N) is 1. The van der Waals surface area contributed by atoms with Crippen molar-refractivity contribution < 1.29 is 5.11 Å². The number of hydrogen-bond acceptors (Lipinski definition) is 2. The second kappa shape index (κ2) is 5.35. The predicted molar refractivity (Wildman–Crippen MR) is 66.8 cm³/mol. The van der Waals surface area contributed by atoms with Gasteiger partial charge in [-0.25, -0.2) is 0 Å². The molecule has 0 radical (unpaired) electrons. The van der Waals surface area contributed by atoms with Gasteiger partial charge in [-0.05, 0) is 56.0 Å². The Hall–Kier alpha value is -1.02. The molecule has 2 rings (SSSR count). The van der Waals surface area contributed by atoms with Crippen LogP contribution >= 0.6 is 0 Å². The molecule has 1 aliphatic rings. The van der Waals surface area contributed by atoms with E-state index in [2.05, 4.69) is 24.0 Å². The molecule has 1 heterocycles. The maximum Gasteiger partial charge on any atom is 0.115 e. The van der Waals surface area contributed by atoms with Crippen molar-refractivity contribution in [3.05, 3.63) is 29.8 Å². The van der Waals surface area contributed by atoms with Crippen molar-refractivity contribution in [3.8, 4) is 5.75 Å². The summed E-state index contributed by atoms with van der Waals surface area (Å²) in [5.74, 6) is 1.02. The first-order valence-electron chi connectivity index (χ1n) is 6.31. The van der Waals surface area contributed by atoms with E-state index in [0.29, 0.717) is 11.7 Å². The Balaban J connectivity index is 2.01. The van der Waals surface area contributed by atoms with Crippen LogP contribution < -0.4 is 0 Å². The number of benzene rings is 1. The van der Waals surface area contributed by atoms with Gasteiger partial charge in [-0.3, -0.25) is 0 Å². The van der Waals surface area contributed by atoms with Crippen LogP contribution in [0.15, 0.2) is 24.3 Å². The molecule has 1 saturated heterocycles. The van der Waals surface area contributed by atoms with Gasteiger partial charge >= 0.3 is 0 Å². The quantitative estimate of drug-likeness (QED) is 0.844. The summed E-state index contributed by atoms with van der Waals surface area (Å²) >= 11 is 0. The number of piperidine rings is 1. The monoisotopic (exact) mass is 219 g/mol. The van der Waals surface area contributed by atoms with Gasteiger partial charge in [0.15, 0.2) is 0 Å². The maximum atomic E-state index is 9.28. The van der Waals surface area contributed by atoms with Crippen LogP contribution in [0.5, 0.6) is 5.75 Å². The molecule has 0 unspecified atom stereocenters. The first kappa shape index (κ1) is 11.5. The minimum Gasteiger partial charge on any atom is -0.508 e. The lowest BCUT2D eigenvalue weighted by atomic mass is 9.90. The van der Waals surface area contributed by atoms with Crippen molar-refractivity contribution in [2.45, 2.75) is 32.1 Å². The van der Waals surface area contributed by atoms with Gasteiger partial charge < -0.3 is 10.0 Å². The molecule has 0 bridgehead atoms. The molecule has 0 amide bonds.